The molecule has 112 valence electrons. The summed E-state index contributed by atoms with van der Waals surface area (Å²) < 4.78 is 22.7. The van der Waals surface area contributed by atoms with Gasteiger partial charge < -0.3 is 4.90 Å². The molecule has 1 amide bonds. The molecule has 20 heavy (non-hydrogen) atoms. The number of rotatable bonds is 4. The Hall–Kier alpha value is -0.780. The predicted octanol–water partition coefficient (Wildman–Crippen LogP) is 3.53. The lowest BCUT2D eigenvalue weighted by molar-refractivity contribution is 0.0620. The minimum atomic E-state index is -3.93. The zero-order valence-electron chi connectivity index (χ0n) is 11.8. The van der Waals surface area contributed by atoms with Gasteiger partial charge in [-0.05, 0) is 38.5 Å². The van der Waals surface area contributed by atoms with Gasteiger partial charge in [0.05, 0.1) is 4.90 Å². The van der Waals surface area contributed by atoms with Crippen molar-refractivity contribution in [2.24, 2.45) is 0 Å². The van der Waals surface area contributed by atoms with Crippen LogP contribution in [0, 0.1) is 0 Å². The van der Waals surface area contributed by atoms with Gasteiger partial charge in [0, 0.05) is 33.9 Å². The van der Waals surface area contributed by atoms with E-state index >= 15 is 0 Å². The molecule has 0 aliphatic heterocycles. The van der Waals surface area contributed by atoms with Gasteiger partial charge >= 0.3 is 0 Å². The highest BCUT2D eigenvalue weighted by molar-refractivity contribution is 8.13. The summed E-state index contributed by atoms with van der Waals surface area (Å²) in [4.78, 5) is 13.8. The fourth-order valence-corrected chi connectivity index (χ4v) is 2.64. The van der Waals surface area contributed by atoms with E-state index in [1.807, 2.05) is 20.8 Å². The number of halogens is 2. The number of carbonyl (C=O) groups is 1. The number of hydrogen-bond donors (Lipinski definition) is 0. The van der Waals surface area contributed by atoms with E-state index in [4.69, 9.17) is 22.3 Å². The van der Waals surface area contributed by atoms with Crippen molar-refractivity contribution < 1.29 is 13.2 Å². The second-order valence-corrected chi connectivity index (χ2v) is 8.15. The predicted molar refractivity (Wildman–Crippen MR) is 81.0 cm³/mol. The first-order chi connectivity index (χ1) is 8.99. The molecule has 0 saturated heterocycles. The molecule has 7 heteroatoms. The second kappa shape index (κ2) is 5.92. The van der Waals surface area contributed by atoms with E-state index in [-0.39, 0.29) is 26.9 Å². The second-order valence-electron chi connectivity index (χ2n) is 5.14. The number of nitrogens with zero attached hydrogens (tertiary/aromatic N) is 1. The monoisotopic (exact) mass is 337 g/mol. The summed E-state index contributed by atoms with van der Waals surface area (Å²) in [5.41, 5.74) is -0.153. The van der Waals surface area contributed by atoms with Crippen LogP contribution in [-0.2, 0) is 9.05 Å². The number of benzene rings is 1. The molecule has 0 radical (unpaired) electrons. The molecule has 0 bridgehead atoms. The molecule has 1 aromatic carbocycles. The van der Waals surface area contributed by atoms with E-state index < -0.39 is 9.05 Å². The molecule has 0 heterocycles. The van der Waals surface area contributed by atoms with Gasteiger partial charge in [-0.3, -0.25) is 4.79 Å². The van der Waals surface area contributed by atoms with Crippen LogP contribution < -0.4 is 0 Å². The first-order valence-corrected chi connectivity index (χ1v) is 8.71. The fraction of sp³-hybridized carbons (Fsp3) is 0.462. The van der Waals surface area contributed by atoms with Crippen molar-refractivity contribution in [2.75, 3.05) is 7.05 Å². The summed E-state index contributed by atoms with van der Waals surface area (Å²) >= 11 is 5.86. The van der Waals surface area contributed by atoms with Crippen LogP contribution in [-0.4, -0.2) is 31.8 Å². The molecule has 0 spiro atoms. The minimum absolute atomic E-state index is 0.151. The Kier molecular flexibility index (Phi) is 5.11. The molecule has 0 unspecified atom stereocenters. The normalized spacial score (nSPS) is 12.3. The third-order valence-corrected chi connectivity index (χ3v) is 5.03. The highest BCUT2D eigenvalue weighted by Crippen LogP contribution is 2.25. The molecule has 0 fully saturated rings. The van der Waals surface area contributed by atoms with E-state index in [0.29, 0.717) is 0 Å². The van der Waals surface area contributed by atoms with Gasteiger partial charge in [0.25, 0.3) is 15.0 Å². The van der Waals surface area contributed by atoms with Crippen LogP contribution in [0.15, 0.2) is 23.1 Å². The Labute approximate surface area is 129 Å². The Morgan fingerprint density at radius 2 is 1.85 bits per heavy atom. The molecular formula is C13H17Cl2NO3S. The largest absolute Gasteiger partial charge is 0.337 e. The third-order valence-electron chi connectivity index (χ3n) is 3.48. The van der Waals surface area contributed by atoms with Crippen molar-refractivity contribution in [3.63, 3.8) is 0 Å². The van der Waals surface area contributed by atoms with Crippen molar-refractivity contribution in [2.45, 2.75) is 37.6 Å². The minimum Gasteiger partial charge on any atom is -0.337 e. The Bertz CT molecular complexity index is 627. The summed E-state index contributed by atoms with van der Waals surface area (Å²) in [5.74, 6) is -0.305. The van der Waals surface area contributed by atoms with Gasteiger partial charge in [-0.2, -0.15) is 0 Å². The lowest BCUT2D eigenvalue weighted by Gasteiger charge is -2.35. The zero-order chi connectivity index (χ0) is 15.7. The molecule has 0 aromatic heterocycles. The summed E-state index contributed by atoms with van der Waals surface area (Å²) in [6, 6.07) is 3.88. The van der Waals surface area contributed by atoms with Crippen LogP contribution in [0.3, 0.4) is 0 Å². The van der Waals surface area contributed by atoms with Gasteiger partial charge in [0.2, 0.25) is 0 Å². The van der Waals surface area contributed by atoms with Crippen molar-refractivity contribution in [1.82, 2.24) is 4.90 Å². The number of amides is 1. The van der Waals surface area contributed by atoms with Gasteiger partial charge in [0.15, 0.2) is 0 Å². The SMILES string of the molecule is CCC(C)(C)N(C)C(=O)c1cc(Cl)cc(S(=O)(=O)Cl)c1. The van der Waals surface area contributed by atoms with E-state index in [2.05, 4.69) is 0 Å². The maximum Gasteiger partial charge on any atom is 0.261 e. The average Bonchev–Trinajstić information content (AvgIpc) is 2.35. The quantitative estimate of drug-likeness (QED) is 0.789. The zero-order valence-corrected chi connectivity index (χ0v) is 14.1. The summed E-state index contributed by atoms with van der Waals surface area (Å²) in [6.45, 7) is 5.82. The standard InChI is InChI=1S/C13H17Cl2NO3S/c1-5-13(2,3)16(4)12(17)9-6-10(14)8-11(7-9)20(15,18)19/h6-8H,5H2,1-4H3. The molecule has 0 saturated carbocycles. The molecule has 1 rings (SSSR count). The fourth-order valence-electron chi connectivity index (χ4n) is 1.53. The van der Waals surface area contributed by atoms with Crippen LogP contribution in [0.4, 0.5) is 0 Å². The van der Waals surface area contributed by atoms with Gasteiger partial charge in [-0.25, -0.2) is 8.42 Å². The average molecular weight is 338 g/mol. The van der Waals surface area contributed by atoms with E-state index in [1.54, 1.807) is 11.9 Å². The van der Waals surface area contributed by atoms with Crippen molar-refractivity contribution in [3.05, 3.63) is 28.8 Å². The van der Waals surface area contributed by atoms with Crippen molar-refractivity contribution in [1.29, 1.82) is 0 Å². The number of hydrogen-bond acceptors (Lipinski definition) is 3. The van der Waals surface area contributed by atoms with E-state index in [9.17, 15) is 13.2 Å². The summed E-state index contributed by atoms with van der Waals surface area (Å²) in [5, 5.41) is 0.151. The first kappa shape index (κ1) is 17.3. The highest BCUT2D eigenvalue weighted by Gasteiger charge is 2.27. The first-order valence-electron chi connectivity index (χ1n) is 6.02. The summed E-state index contributed by atoms with van der Waals surface area (Å²) in [6.07, 6.45) is 0.760. The molecule has 0 atom stereocenters. The molecule has 0 aliphatic rings. The Balaban J connectivity index is 3.28. The van der Waals surface area contributed by atoms with Gasteiger partial charge in [-0.15, -0.1) is 0 Å². The van der Waals surface area contributed by atoms with Crippen LogP contribution in [0.2, 0.25) is 5.02 Å². The lowest BCUT2D eigenvalue weighted by atomic mass is 9.99. The summed E-state index contributed by atoms with van der Waals surface area (Å²) in [7, 11) is 3.03. The van der Waals surface area contributed by atoms with E-state index in [1.165, 1.54) is 18.2 Å². The van der Waals surface area contributed by atoms with Crippen LogP contribution in [0.25, 0.3) is 0 Å². The molecule has 0 N–H and O–H groups in total. The van der Waals surface area contributed by atoms with Crippen LogP contribution in [0.5, 0.6) is 0 Å². The molecule has 0 aliphatic carbocycles. The lowest BCUT2D eigenvalue weighted by Crippen LogP contribution is -2.44. The molecular weight excluding hydrogens is 321 g/mol. The maximum atomic E-state index is 12.4. The third kappa shape index (κ3) is 3.87. The maximum absolute atomic E-state index is 12.4. The van der Waals surface area contributed by atoms with Crippen LogP contribution >= 0.6 is 22.3 Å². The topological polar surface area (TPSA) is 54.5 Å². The van der Waals surface area contributed by atoms with Gasteiger partial charge in [0.1, 0.15) is 0 Å². The van der Waals surface area contributed by atoms with Crippen molar-refractivity contribution in [3.8, 4) is 0 Å². The molecule has 4 nitrogen and oxygen atoms in total. The molecule has 1 aromatic rings. The number of carbonyl (C=O) groups excluding carboxylic acids is 1. The van der Waals surface area contributed by atoms with Gasteiger partial charge in [-0.1, -0.05) is 18.5 Å². The van der Waals surface area contributed by atoms with E-state index in [0.717, 1.165) is 6.42 Å². The highest BCUT2D eigenvalue weighted by atomic mass is 35.7. The smallest absolute Gasteiger partial charge is 0.261 e. The van der Waals surface area contributed by atoms with Crippen LogP contribution in [0.1, 0.15) is 37.6 Å². The Morgan fingerprint density at radius 1 is 1.30 bits per heavy atom. The van der Waals surface area contributed by atoms with Crippen molar-refractivity contribution >= 4 is 37.2 Å². The Morgan fingerprint density at radius 3 is 2.30 bits per heavy atom.